The number of nitrogens with zero attached hydrogens (tertiary/aromatic N) is 1. The summed E-state index contributed by atoms with van der Waals surface area (Å²) in [4.78, 5) is 2.41. The van der Waals surface area contributed by atoms with Crippen molar-refractivity contribution in [3.63, 3.8) is 0 Å². The molecule has 0 N–H and O–H groups in total. The smallest absolute Gasteiger partial charge is 0.135 e. The number of anilines is 3. The molecule has 1 aliphatic rings. The van der Waals surface area contributed by atoms with E-state index in [1.165, 1.54) is 61.2 Å². The van der Waals surface area contributed by atoms with Gasteiger partial charge in [0.2, 0.25) is 0 Å². The number of fused-ring (bicyclic) bond motifs is 6. The lowest BCUT2D eigenvalue weighted by Gasteiger charge is -2.28. The molecule has 2 heteroatoms. The predicted octanol–water partition coefficient (Wildman–Crippen LogP) is 17.7. The van der Waals surface area contributed by atoms with Crippen LogP contribution in [0.25, 0.3) is 88.7 Å². The van der Waals surface area contributed by atoms with E-state index >= 15 is 0 Å². The van der Waals surface area contributed by atoms with Crippen molar-refractivity contribution in [3.8, 4) is 66.8 Å². The average molecular weight is 832 g/mol. The molecule has 65 heavy (non-hydrogen) atoms. The van der Waals surface area contributed by atoms with E-state index in [0.717, 1.165) is 55.7 Å². The van der Waals surface area contributed by atoms with Gasteiger partial charge in [0.1, 0.15) is 11.2 Å². The molecule has 10 aromatic carbocycles. The first kappa shape index (κ1) is 38.5. The van der Waals surface area contributed by atoms with Crippen molar-refractivity contribution in [2.24, 2.45) is 0 Å². The Morgan fingerprint density at radius 3 is 1.65 bits per heavy atom. The Morgan fingerprint density at radius 1 is 0.323 bits per heavy atom. The van der Waals surface area contributed by atoms with Crippen LogP contribution in [0.4, 0.5) is 17.1 Å². The lowest BCUT2D eigenvalue weighted by molar-refractivity contribution is 0.661. The van der Waals surface area contributed by atoms with Crippen LogP contribution in [-0.2, 0) is 5.41 Å². The third-order valence-corrected chi connectivity index (χ3v) is 13.5. The standard InChI is InChI=1S/C63H45NO/c1-63(2)57-35-31-48(39-56(57)62-54(45-21-10-5-11-22-45)40-49(41-58(62)63)42-17-6-3-7-18-42)46-23-16-24-51(37-46)64(59-27-14-12-25-52(59)44-19-8-4-9-20-44)50-33-29-43(30-34-50)47-32-36-61-55(38-47)53-26-13-15-28-60(53)65-61/h3-41H,1-2H3. The summed E-state index contributed by atoms with van der Waals surface area (Å²) in [5, 5.41) is 2.26. The van der Waals surface area contributed by atoms with Crippen LogP contribution in [0.3, 0.4) is 0 Å². The molecule has 11 aromatic rings. The molecule has 12 rings (SSSR count). The number of benzene rings is 10. The van der Waals surface area contributed by atoms with Crippen LogP contribution in [0.15, 0.2) is 241 Å². The van der Waals surface area contributed by atoms with Crippen molar-refractivity contribution in [1.82, 2.24) is 0 Å². The summed E-state index contributed by atoms with van der Waals surface area (Å²) in [5.41, 5.74) is 22.2. The number of hydrogen-bond donors (Lipinski definition) is 0. The first-order valence-corrected chi connectivity index (χ1v) is 22.5. The van der Waals surface area contributed by atoms with Gasteiger partial charge < -0.3 is 9.32 Å². The molecule has 1 aliphatic carbocycles. The number of hydrogen-bond acceptors (Lipinski definition) is 2. The zero-order chi connectivity index (χ0) is 43.5. The Labute approximate surface area is 380 Å². The second kappa shape index (κ2) is 15.6. The second-order valence-corrected chi connectivity index (χ2v) is 17.7. The maximum atomic E-state index is 6.16. The molecule has 0 fully saturated rings. The van der Waals surface area contributed by atoms with Gasteiger partial charge in [-0.2, -0.15) is 0 Å². The van der Waals surface area contributed by atoms with Gasteiger partial charge in [-0.15, -0.1) is 0 Å². The van der Waals surface area contributed by atoms with E-state index < -0.39 is 0 Å². The molecule has 0 amide bonds. The van der Waals surface area contributed by atoms with Crippen molar-refractivity contribution >= 4 is 39.0 Å². The molecule has 0 spiro atoms. The summed E-state index contributed by atoms with van der Waals surface area (Å²) in [6.45, 7) is 4.76. The van der Waals surface area contributed by atoms with E-state index in [2.05, 4.69) is 243 Å². The summed E-state index contributed by atoms with van der Waals surface area (Å²) in [6, 6.07) is 85.9. The Morgan fingerprint density at radius 2 is 0.877 bits per heavy atom. The van der Waals surface area contributed by atoms with Gasteiger partial charge in [-0.25, -0.2) is 0 Å². The maximum Gasteiger partial charge on any atom is 0.135 e. The summed E-state index contributed by atoms with van der Waals surface area (Å²) in [5.74, 6) is 0. The molecule has 0 atom stereocenters. The SMILES string of the molecule is CC1(C)c2ccc(-c3cccc(N(c4ccc(-c5ccc6oc7ccccc7c6c5)cc4)c4ccccc4-c4ccccc4)c3)cc2-c2c(-c3ccccc3)cc(-c3ccccc3)cc21. The summed E-state index contributed by atoms with van der Waals surface area (Å²) < 4.78 is 6.16. The molecular weight excluding hydrogens is 787 g/mol. The summed E-state index contributed by atoms with van der Waals surface area (Å²) >= 11 is 0. The van der Waals surface area contributed by atoms with Gasteiger partial charge in [0, 0.05) is 33.1 Å². The Kier molecular flexibility index (Phi) is 9.21. The fourth-order valence-electron chi connectivity index (χ4n) is 10.2. The maximum absolute atomic E-state index is 6.16. The second-order valence-electron chi connectivity index (χ2n) is 17.7. The van der Waals surface area contributed by atoms with Crippen LogP contribution >= 0.6 is 0 Å². The highest BCUT2D eigenvalue weighted by atomic mass is 16.3. The van der Waals surface area contributed by atoms with E-state index in [1.807, 2.05) is 12.1 Å². The van der Waals surface area contributed by atoms with Gasteiger partial charge in [0.15, 0.2) is 0 Å². The fraction of sp³-hybridized carbons (Fsp3) is 0.0476. The van der Waals surface area contributed by atoms with Crippen LogP contribution in [0.5, 0.6) is 0 Å². The molecule has 2 nitrogen and oxygen atoms in total. The van der Waals surface area contributed by atoms with Crippen molar-refractivity contribution in [2.45, 2.75) is 19.3 Å². The van der Waals surface area contributed by atoms with Crippen molar-refractivity contribution in [2.75, 3.05) is 4.90 Å². The van der Waals surface area contributed by atoms with Crippen molar-refractivity contribution < 1.29 is 4.42 Å². The van der Waals surface area contributed by atoms with E-state index in [1.54, 1.807) is 0 Å². The van der Waals surface area contributed by atoms with Gasteiger partial charge in [0.25, 0.3) is 0 Å². The van der Waals surface area contributed by atoms with E-state index in [-0.39, 0.29) is 5.41 Å². The van der Waals surface area contributed by atoms with Crippen LogP contribution in [0.2, 0.25) is 0 Å². The molecule has 1 heterocycles. The minimum Gasteiger partial charge on any atom is -0.456 e. The Hall–Kier alpha value is -8.20. The van der Waals surface area contributed by atoms with Crippen LogP contribution in [0, 0.1) is 0 Å². The average Bonchev–Trinajstić information content (AvgIpc) is 3.86. The van der Waals surface area contributed by atoms with Crippen LogP contribution in [0.1, 0.15) is 25.0 Å². The van der Waals surface area contributed by atoms with Crippen molar-refractivity contribution in [1.29, 1.82) is 0 Å². The quantitative estimate of drug-likeness (QED) is 0.152. The Balaban J connectivity index is 0.984. The molecule has 1 aromatic heterocycles. The van der Waals surface area contributed by atoms with E-state index in [4.69, 9.17) is 4.42 Å². The monoisotopic (exact) mass is 831 g/mol. The van der Waals surface area contributed by atoms with Crippen molar-refractivity contribution in [3.05, 3.63) is 248 Å². The van der Waals surface area contributed by atoms with E-state index in [0.29, 0.717) is 0 Å². The summed E-state index contributed by atoms with van der Waals surface area (Å²) in [7, 11) is 0. The minimum absolute atomic E-state index is 0.179. The number of para-hydroxylation sites is 2. The molecule has 0 saturated carbocycles. The fourth-order valence-corrected chi connectivity index (χ4v) is 10.2. The number of rotatable bonds is 8. The molecule has 0 bridgehead atoms. The molecule has 0 radical (unpaired) electrons. The third-order valence-electron chi connectivity index (χ3n) is 13.5. The van der Waals surface area contributed by atoms with Gasteiger partial charge in [-0.3, -0.25) is 0 Å². The highest BCUT2D eigenvalue weighted by molar-refractivity contribution is 6.06. The lowest BCUT2D eigenvalue weighted by Crippen LogP contribution is -2.15. The molecule has 0 saturated heterocycles. The molecule has 0 aliphatic heterocycles. The molecular formula is C63H45NO. The summed E-state index contributed by atoms with van der Waals surface area (Å²) in [6.07, 6.45) is 0. The molecule has 0 unspecified atom stereocenters. The van der Waals surface area contributed by atoms with Gasteiger partial charge in [0.05, 0.1) is 5.69 Å². The normalized spacial score (nSPS) is 12.6. The zero-order valence-electron chi connectivity index (χ0n) is 36.4. The topological polar surface area (TPSA) is 16.4 Å². The van der Waals surface area contributed by atoms with Crippen LogP contribution < -0.4 is 4.90 Å². The lowest BCUT2D eigenvalue weighted by atomic mass is 9.80. The number of furan rings is 1. The zero-order valence-corrected chi connectivity index (χ0v) is 36.4. The van der Waals surface area contributed by atoms with Gasteiger partial charge in [-0.05, 0) is 139 Å². The largest absolute Gasteiger partial charge is 0.456 e. The first-order valence-electron chi connectivity index (χ1n) is 22.5. The minimum atomic E-state index is -0.179. The highest BCUT2D eigenvalue weighted by Crippen LogP contribution is 2.54. The van der Waals surface area contributed by atoms with Gasteiger partial charge >= 0.3 is 0 Å². The predicted molar refractivity (Wildman–Crippen MR) is 273 cm³/mol. The Bertz CT molecular complexity index is 3550. The highest BCUT2D eigenvalue weighted by Gasteiger charge is 2.38. The first-order chi connectivity index (χ1) is 32.0. The van der Waals surface area contributed by atoms with E-state index in [9.17, 15) is 0 Å². The molecule has 308 valence electrons. The van der Waals surface area contributed by atoms with Crippen LogP contribution in [-0.4, -0.2) is 0 Å². The van der Waals surface area contributed by atoms with Gasteiger partial charge in [-0.1, -0.05) is 184 Å². The third kappa shape index (κ3) is 6.65.